The summed E-state index contributed by atoms with van der Waals surface area (Å²) in [5.74, 6) is -1.64. The number of hydrogen-bond donors (Lipinski definition) is 6. The number of hydrogen-bond acceptors (Lipinski definition) is 8. The maximum Gasteiger partial charge on any atom is 0.246 e. The van der Waals surface area contributed by atoms with E-state index in [0.29, 0.717) is 51.1 Å². The molecule has 1 aromatic heterocycles. The van der Waals surface area contributed by atoms with Gasteiger partial charge in [-0.3, -0.25) is 29.3 Å². The van der Waals surface area contributed by atoms with Gasteiger partial charge < -0.3 is 35.7 Å². The van der Waals surface area contributed by atoms with Crippen molar-refractivity contribution >= 4 is 29.5 Å². The van der Waals surface area contributed by atoms with Crippen molar-refractivity contribution in [3.63, 3.8) is 0 Å². The Bertz CT molecular complexity index is 1430. The molecule has 13 nitrogen and oxygen atoms in total. The number of rotatable bonds is 2. The third-order valence-corrected chi connectivity index (χ3v) is 8.81. The van der Waals surface area contributed by atoms with E-state index in [4.69, 9.17) is 4.42 Å². The summed E-state index contributed by atoms with van der Waals surface area (Å²) in [5, 5.41) is 25.8. The molecule has 246 valence electrons. The highest BCUT2D eigenvalue weighted by Gasteiger charge is 2.32. The van der Waals surface area contributed by atoms with Gasteiger partial charge in [-0.1, -0.05) is 24.3 Å². The highest BCUT2D eigenvalue weighted by atomic mass is 16.3. The zero-order valence-electron chi connectivity index (χ0n) is 25.7. The van der Waals surface area contributed by atoms with Gasteiger partial charge >= 0.3 is 0 Å². The van der Waals surface area contributed by atoms with Crippen LogP contribution in [0.2, 0.25) is 0 Å². The average Bonchev–Trinajstić information content (AvgIpc) is 3.51. The fourth-order valence-corrected chi connectivity index (χ4v) is 6.13. The first kappa shape index (κ1) is 32.9. The predicted octanol–water partition coefficient (Wildman–Crippen LogP) is -0.107. The molecule has 0 spiro atoms. The molecular formula is C33H42N6O7. The minimum Gasteiger partial charge on any atom is -0.469 e. The average molecular weight is 635 g/mol. The van der Waals surface area contributed by atoms with Crippen LogP contribution in [0.3, 0.4) is 0 Å². The summed E-state index contributed by atoms with van der Waals surface area (Å²) < 4.78 is 5.50. The van der Waals surface area contributed by atoms with E-state index >= 15 is 0 Å². The lowest BCUT2D eigenvalue weighted by atomic mass is 9.96. The minimum absolute atomic E-state index is 0.0347. The fourth-order valence-electron chi connectivity index (χ4n) is 6.13. The van der Waals surface area contributed by atoms with E-state index in [2.05, 4.69) is 26.6 Å². The van der Waals surface area contributed by atoms with Gasteiger partial charge in [-0.15, -0.1) is 0 Å². The van der Waals surface area contributed by atoms with Crippen LogP contribution >= 0.6 is 0 Å². The molecule has 0 aliphatic carbocycles. The van der Waals surface area contributed by atoms with Crippen LogP contribution in [-0.4, -0.2) is 84.0 Å². The van der Waals surface area contributed by atoms with Gasteiger partial charge in [0, 0.05) is 51.3 Å². The summed E-state index contributed by atoms with van der Waals surface area (Å²) in [6, 6.07) is 9.36. The third-order valence-electron chi connectivity index (χ3n) is 8.81. The summed E-state index contributed by atoms with van der Waals surface area (Å²) in [6.07, 6.45) is 5.20. The molecule has 4 bridgehead atoms. The molecule has 2 fully saturated rings. The number of nitrogens with zero attached hydrogens (tertiary/aromatic N) is 1. The van der Waals surface area contributed by atoms with Gasteiger partial charge in [0.15, 0.2) is 0 Å². The monoisotopic (exact) mass is 634 g/mol. The van der Waals surface area contributed by atoms with E-state index in [1.165, 1.54) is 18.4 Å². The number of fused-ring (bicyclic) bond motifs is 6. The summed E-state index contributed by atoms with van der Waals surface area (Å²) in [6.45, 7) is 1.52. The van der Waals surface area contributed by atoms with Crippen molar-refractivity contribution in [1.82, 2.24) is 31.5 Å². The van der Waals surface area contributed by atoms with Crippen LogP contribution in [0.4, 0.5) is 0 Å². The molecular weight excluding hydrogens is 592 g/mol. The van der Waals surface area contributed by atoms with Crippen LogP contribution in [0.15, 0.2) is 59.2 Å². The standard InChI is InChI=1S/C33H42N6O7/c40-28-11-12-30(42)39-13-3-7-24(20-39)31(43)38-27(16-25-8-4-14-46-25)33(45)36-19-23-6-2-1-5-22(23)15-29(41)37-26-10-9-21(17-34-28)18-35-32(26)44/h1-2,4-6,8,11-12,14,21,24,26-27,33,36,45H,3,7,9-10,13,15-20H2,(H,34,40)(H,35,44)(H,37,41)(H,38,43)/b12-11+/t21?,24-,26+,27+,33?/m1/s1. The summed E-state index contributed by atoms with van der Waals surface area (Å²) >= 11 is 0. The molecule has 3 aliphatic rings. The van der Waals surface area contributed by atoms with Crippen LogP contribution in [0.1, 0.15) is 42.6 Å². The van der Waals surface area contributed by atoms with Gasteiger partial charge in [-0.2, -0.15) is 0 Å². The molecule has 2 saturated heterocycles. The van der Waals surface area contributed by atoms with Gasteiger partial charge in [0.05, 0.1) is 24.6 Å². The molecule has 4 heterocycles. The second-order valence-corrected chi connectivity index (χ2v) is 12.2. The summed E-state index contributed by atoms with van der Waals surface area (Å²) in [5.41, 5.74) is 1.51. The maximum absolute atomic E-state index is 13.5. The summed E-state index contributed by atoms with van der Waals surface area (Å²) in [7, 11) is 0. The van der Waals surface area contributed by atoms with Crippen LogP contribution < -0.4 is 26.6 Å². The quantitative estimate of drug-likeness (QED) is 0.265. The second-order valence-electron chi connectivity index (χ2n) is 12.2. The molecule has 5 amide bonds. The fraction of sp³-hybridized carbons (Fsp3) is 0.485. The normalized spacial score (nSPS) is 28.1. The van der Waals surface area contributed by atoms with Gasteiger partial charge in [-0.05, 0) is 54.9 Å². The summed E-state index contributed by atoms with van der Waals surface area (Å²) in [4.78, 5) is 66.3. The number of piperidine rings is 1. The Morgan fingerprint density at radius 1 is 0.870 bits per heavy atom. The van der Waals surface area contributed by atoms with Crippen molar-refractivity contribution in [3.05, 3.63) is 71.7 Å². The van der Waals surface area contributed by atoms with E-state index in [0.717, 1.165) is 11.1 Å². The van der Waals surface area contributed by atoms with Crippen LogP contribution in [0, 0.1) is 11.8 Å². The smallest absolute Gasteiger partial charge is 0.246 e. The molecule has 3 aliphatic heterocycles. The third kappa shape index (κ3) is 9.04. The Balaban J connectivity index is 1.36. The first-order valence-electron chi connectivity index (χ1n) is 15.9. The van der Waals surface area contributed by atoms with E-state index < -0.39 is 30.1 Å². The van der Waals surface area contributed by atoms with Crippen molar-refractivity contribution in [2.24, 2.45) is 11.8 Å². The number of amides is 5. The SMILES string of the molecule is O=C1/C=C/C(=O)N2CCC[C@H](C2)C(=O)N[C@@H](Cc2ccco2)C(O)NCc2ccccc2CC(=O)N[C@H]2CCC(CN1)CNC2=O. The van der Waals surface area contributed by atoms with Gasteiger partial charge in [0.25, 0.3) is 0 Å². The first-order valence-corrected chi connectivity index (χ1v) is 15.9. The highest BCUT2D eigenvalue weighted by molar-refractivity contribution is 5.97. The lowest BCUT2D eigenvalue weighted by molar-refractivity contribution is -0.133. The number of furan rings is 1. The molecule has 2 unspecified atom stereocenters. The van der Waals surface area contributed by atoms with Gasteiger partial charge in [-0.25, -0.2) is 0 Å². The van der Waals surface area contributed by atoms with Crippen molar-refractivity contribution in [2.45, 2.75) is 63.4 Å². The topological polar surface area (TPSA) is 182 Å². The largest absolute Gasteiger partial charge is 0.469 e. The van der Waals surface area contributed by atoms with Crippen molar-refractivity contribution in [2.75, 3.05) is 26.2 Å². The molecule has 13 heteroatoms. The molecule has 0 radical (unpaired) electrons. The Kier molecular flexibility index (Phi) is 11.2. The van der Waals surface area contributed by atoms with Crippen LogP contribution in [-0.2, 0) is 43.4 Å². The molecule has 0 saturated carbocycles. The number of nitrogens with one attached hydrogen (secondary N) is 5. The van der Waals surface area contributed by atoms with Crippen molar-refractivity contribution in [3.8, 4) is 0 Å². The van der Waals surface area contributed by atoms with Crippen LogP contribution in [0.5, 0.6) is 0 Å². The van der Waals surface area contributed by atoms with Crippen molar-refractivity contribution in [1.29, 1.82) is 0 Å². The van der Waals surface area contributed by atoms with Gasteiger partial charge in [0.2, 0.25) is 29.5 Å². The molecule has 5 atom stereocenters. The Morgan fingerprint density at radius 2 is 1.67 bits per heavy atom. The Labute approximate surface area is 267 Å². The molecule has 6 N–H and O–H groups in total. The van der Waals surface area contributed by atoms with Crippen LogP contribution in [0.25, 0.3) is 0 Å². The number of carbonyl (C=O) groups excluding carboxylic acids is 5. The first-order chi connectivity index (χ1) is 22.2. The molecule has 1 aromatic carbocycles. The van der Waals surface area contributed by atoms with E-state index in [1.807, 2.05) is 24.3 Å². The Morgan fingerprint density at radius 3 is 2.48 bits per heavy atom. The predicted molar refractivity (Wildman–Crippen MR) is 166 cm³/mol. The number of carbonyl (C=O) groups is 5. The lowest BCUT2D eigenvalue weighted by Crippen LogP contribution is -2.54. The Hall–Kier alpha value is -4.49. The van der Waals surface area contributed by atoms with Gasteiger partial charge in [0.1, 0.15) is 18.0 Å². The zero-order valence-corrected chi connectivity index (χ0v) is 25.7. The molecule has 5 rings (SSSR count). The number of aliphatic hydroxyl groups is 1. The highest BCUT2D eigenvalue weighted by Crippen LogP contribution is 2.19. The zero-order chi connectivity index (χ0) is 32.5. The van der Waals surface area contributed by atoms with E-state index in [1.54, 1.807) is 17.0 Å². The number of benzene rings is 1. The molecule has 46 heavy (non-hydrogen) atoms. The lowest BCUT2D eigenvalue weighted by Gasteiger charge is -2.33. The van der Waals surface area contributed by atoms with E-state index in [-0.39, 0.29) is 55.5 Å². The minimum atomic E-state index is -1.17. The van der Waals surface area contributed by atoms with Crippen molar-refractivity contribution < 1.29 is 33.5 Å². The molecule has 2 aromatic rings. The maximum atomic E-state index is 13.5. The second kappa shape index (κ2) is 15.7. The number of aliphatic hydroxyl groups excluding tert-OH is 1. The van der Waals surface area contributed by atoms with E-state index in [9.17, 15) is 29.1 Å².